The van der Waals surface area contributed by atoms with Crippen molar-refractivity contribution in [2.24, 2.45) is 5.73 Å². The van der Waals surface area contributed by atoms with E-state index in [1.54, 1.807) is 19.2 Å². The molecule has 6 N–H and O–H groups in total. The van der Waals surface area contributed by atoms with Crippen molar-refractivity contribution in [2.75, 3.05) is 62.6 Å². The first-order valence-electron chi connectivity index (χ1n) is 15.0. The SMILES string of the molecule is COc1cccc(CNc2nc(NCc3ccc(C(=O)NCCOCCOCCN)cc3)nc(NC3CCCCC3)n2)c1. The third-order valence-electron chi connectivity index (χ3n) is 6.99. The van der Waals surface area contributed by atoms with Gasteiger partial charge in [-0.15, -0.1) is 0 Å². The maximum absolute atomic E-state index is 12.5. The molecule has 12 heteroatoms. The number of methoxy groups -OCH3 is 1. The number of carbonyl (C=O) groups excluding carboxylic acids is 1. The van der Waals surface area contributed by atoms with E-state index in [1.165, 1.54) is 19.3 Å². The third kappa shape index (κ3) is 11.3. The molecular formula is C31H44N8O4. The lowest BCUT2D eigenvalue weighted by atomic mass is 9.96. The average Bonchev–Trinajstić information content (AvgIpc) is 3.04. The molecular weight excluding hydrogens is 548 g/mol. The molecule has 232 valence electrons. The molecule has 2 aromatic carbocycles. The quantitative estimate of drug-likeness (QED) is 0.138. The van der Waals surface area contributed by atoms with E-state index < -0.39 is 0 Å². The number of nitrogens with zero attached hydrogens (tertiary/aromatic N) is 3. The summed E-state index contributed by atoms with van der Waals surface area (Å²) in [5.74, 6) is 2.16. The minimum absolute atomic E-state index is 0.148. The Labute approximate surface area is 253 Å². The predicted molar refractivity (Wildman–Crippen MR) is 167 cm³/mol. The Morgan fingerprint density at radius 1 is 0.837 bits per heavy atom. The van der Waals surface area contributed by atoms with Crippen LogP contribution in [0, 0.1) is 0 Å². The number of nitrogens with two attached hydrogens (primary N) is 1. The number of rotatable bonds is 18. The van der Waals surface area contributed by atoms with Crippen LogP contribution in [-0.4, -0.2) is 73.5 Å². The van der Waals surface area contributed by atoms with Gasteiger partial charge < -0.3 is 41.2 Å². The van der Waals surface area contributed by atoms with Crippen LogP contribution in [0.25, 0.3) is 0 Å². The largest absolute Gasteiger partial charge is 0.497 e. The fourth-order valence-electron chi connectivity index (χ4n) is 4.69. The first-order chi connectivity index (χ1) is 21.1. The molecule has 1 amide bonds. The molecule has 0 spiro atoms. The van der Waals surface area contributed by atoms with Gasteiger partial charge in [0.05, 0.1) is 33.5 Å². The summed E-state index contributed by atoms with van der Waals surface area (Å²) in [5.41, 5.74) is 8.00. The van der Waals surface area contributed by atoms with Gasteiger partial charge in [0.1, 0.15) is 5.75 Å². The van der Waals surface area contributed by atoms with Gasteiger partial charge in [-0.2, -0.15) is 15.0 Å². The molecule has 0 bridgehead atoms. The molecule has 1 aliphatic rings. The van der Waals surface area contributed by atoms with E-state index in [1.807, 2.05) is 36.4 Å². The van der Waals surface area contributed by atoms with E-state index in [-0.39, 0.29) is 5.91 Å². The highest BCUT2D eigenvalue weighted by molar-refractivity contribution is 5.94. The highest BCUT2D eigenvalue weighted by Gasteiger charge is 2.16. The van der Waals surface area contributed by atoms with Crippen LogP contribution in [0.5, 0.6) is 5.75 Å². The molecule has 12 nitrogen and oxygen atoms in total. The molecule has 1 aliphatic carbocycles. The van der Waals surface area contributed by atoms with E-state index in [9.17, 15) is 4.79 Å². The number of hydrogen-bond donors (Lipinski definition) is 5. The second-order valence-electron chi connectivity index (χ2n) is 10.3. The van der Waals surface area contributed by atoms with Gasteiger partial charge in [0.25, 0.3) is 5.91 Å². The lowest BCUT2D eigenvalue weighted by Crippen LogP contribution is -2.27. The second-order valence-corrected chi connectivity index (χ2v) is 10.3. The predicted octanol–water partition coefficient (Wildman–Crippen LogP) is 3.57. The van der Waals surface area contributed by atoms with Crippen LogP contribution in [0.15, 0.2) is 48.5 Å². The molecule has 0 radical (unpaired) electrons. The van der Waals surface area contributed by atoms with Crippen molar-refractivity contribution in [3.63, 3.8) is 0 Å². The smallest absolute Gasteiger partial charge is 0.251 e. The fraction of sp³-hybridized carbons (Fsp3) is 0.484. The Kier molecular flexibility index (Phi) is 13.2. The first-order valence-corrected chi connectivity index (χ1v) is 15.0. The van der Waals surface area contributed by atoms with Crippen LogP contribution < -0.4 is 31.7 Å². The summed E-state index contributed by atoms with van der Waals surface area (Å²) in [6.45, 7) is 3.84. The summed E-state index contributed by atoms with van der Waals surface area (Å²) >= 11 is 0. The van der Waals surface area contributed by atoms with Crippen molar-refractivity contribution in [3.05, 3.63) is 65.2 Å². The number of benzene rings is 2. The topological polar surface area (TPSA) is 158 Å². The Morgan fingerprint density at radius 2 is 1.51 bits per heavy atom. The monoisotopic (exact) mass is 592 g/mol. The molecule has 0 saturated heterocycles. The number of ether oxygens (including phenoxy) is 3. The van der Waals surface area contributed by atoms with E-state index in [0.717, 1.165) is 29.7 Å². The standard InChI is InChI=1S/C31H44N8O4/c1-41-27-9-5-6-24(20-27)22-35-30-37-29(38-31(39-30)36-26-7-3-2-4-8-26)34-21-23-10-12-25(13-11-23)28(40)33-15-17-43-19-18-42-16-14-32/h5-6,9-13,20,26H,2-4,7-8,14-19,21-22,32H2,1H3,(H,33,40)(H3,34,35,36,37,38,39). The number of hydrogen-bond acceptors (Lipinski definition) is 11. The summed E-state index contributed by atoms with van der Waals surface area (Å²) in [4.78, 5) is 26.4. The zero-order valence-corrected chi connectivity index (χ0v) is 24.9. The number of nitrogens with one attached hydrogen (secondary N) is 4. The average molecular weight is 593 g/mol. The Morgan fingerprint density at radius 3 is 2.21 bits per heavy atom. The third-order valence-corrected chi connectivity index (χ3v) is 6.99. The van der Waals surface area contributed by atoms with Gasteiger partial charge in [-0.05, 0) is 48.2 Å². The van der Waals surface area contributed by atoms with Crippen molar-refractivity contribution >= 4 is 23.8 Å². The van der Waals surface area contributed by atoms with E-state index in [0.29, 0.717) is 82.1 Å². The Hall–Kier alpha value is -4.00. The normalized spacial score (nSPS) is 13.3. The minimum Gasteiger partial charge on any atom is -0.497 e. The fourth-order valence-corrected chi connectivity index (χ4v) is 4.69. The first kappa shape index (κ1) is 31.9. The number of aromatic nitrogens is 3. The minimum atomic E-state index is -0.148. The van der Waals surface area contributed by atoms with Crippen molar-refractivity contribution < 1.29 is 19.0 Å². The molecule has 1 heterocycles. The zero-order valence-electron chi connectivity index (χ0n) is 24.9. The van der Waals surface area contributed by atoms with Crippen LogP contribution in [0.2, 0.25) is 0 Å². The van der Waals surface area contributed by atoms with Crippen molar-refractivity contribution in [3.8, 4) is 5.75 Å². The number of carbonyl (C=O) groups is 1. The van der Waals surface area contributed by atoms with Crippen LogP contribution in [0.4, 0.5) is 17.8 Å². The van der Waals surface area contributed by atoms with Gasteiger partial charge in [-0.1, -0.05) is 43.5 Å². The molecule has 0 atom stereocenters. The lowest BCUT2D eigenvalue weighted by molar-refractivity contribution is 0.0511. The molecule has 1 saturated carbocycles. The molecule has 4 rings (SSSR count). The van der Waals surface area contributed by atoms with Crippen molar-refractivity contribution in [2.45, 2.75) is 51.2 Å². The van der Waals surface area contributed by atoms with Crippen LogP contribution >= 0.6 is 0 Å². The van der Waals surface area contributed by atoms with Crippen LogP contribution in [0.1, 0.15) is 53.6 Å². The zero-order chi connectivity index (χ0) is 30.1. The summed E-state index contributed by atoms with van der Waals surface area (Å²) < 4.78 is 16.0. The highest BCUT2D eigenvalue weighted by atomic mass is 16.5. The molecule has 0 unspecified atom stereocenters. The molecule has 0 aliphatic heterocycles. The van der Waals surface area contributed by atoms with Gasteiger partial charge in [0.2, 0.25) is 17.8 Å². The molecule has 3 aromatic rings. The molecule has 1 aromatic heterocycles. The summed E-state index contributed by atoms with van der Waals surface area (Å²) in [7, 11) is 1.66. The van der Waals surface area contributed by atoms with Gasteiger partial charge in [0.15, 0.2) is 0 Å². The summed E-state index contributed by atoms with van der Waals surface area (Å²) in [6.07, 6.45) is 5.91. The second kappa shape index (κ2) is 17.8. The Bertz CT molecular complexity index is 1250. The number of amides is 1. The summed E-state index contributed by atoms with van der Waals surface area (Å²) in [5, 5.41) is 13.0. The van der Waals surface area contributed by atoms with Crippen molar-refractivity contribution in [1.82, 2.24) is 20.3 Å². The highest BCUT2D eigenvalue weighted by Crippen LogP contribution is 2.22. The van der Waals surface area contributed by atoms with Crippen LogP contribution in [-0.2, 0) is 22.6 Å². The molecule has 43 heavy (non-hydrogen) atoms. The van der Waals surface area contributed by atoms with Crippen molar-refractivity contribution in [1.29, 1.82) is 0 Å². The number of anilines is 3. The van der Waals surface area contributed by atoms with E-state index >= 15 is 0 Å². The van der Waals surface area contributed by atoms with Gasteiger partial charge in [-0.25, -0.2) is 0 Å². The maximum Gasteiger partial charge on any atom is 0.251 e. The maximum atomic E-state index is 12.5. The van der Waals surface area contributed by atoms with Gasteiger partial charge in [-0.3, -0.25) is 4.79 Å². The lowest BCUT2D eigenvalue weighted by Gasteiger charge is -2.23. The molecule has 1 fully saturated rings. The van der Waals surface area contributed by atoms with Crippen LogP contribution in [0.3, 0.4) is 0 Å². The Balaban J connectivity index is 1.30. The van der Waals surface area contributed by atoms with Gasteiger partial charge >= 0.3 is 0 Å². The van der Waals surface area contributed by atoms with E-state index in [4.69, 9.17) is 19.9 Å². The summed E-state index contributed by atoms with van der Waals surface area (Å²) in [6, 6.07) is 15.7. The van der Waals surface area contributed by atoms with Gasteiger partial charge in [0, 0.05) is 37.8 Å². The van der Waals surface area contributed by atoms with E-state index in [2.05, 4.69) is 36.2 Å².